The lowest BCUT2D eigenvalue weighted by Crippen LogP contribution is -2.44. The van der Waals surface area contributed by atoms with E-state index in [1.165, 1.54) is 18.2 Å². The van der Waals surface area contributed by atoms with Gasteiger partial charge >= 0.3 is 19.2 Å². The van der Waals surface area contributed by atoms with Crippen LogP contribution in [0.3, 0.4) is 0 Å². The standard InChI is InChI=1S/C15H21BFNO7/c1-15(2,3)25-14(21)18-10(13(19)20)7-9-5-4-6-11(12(9)17)24-8-16(22)23/h4-6,10,22-23H,7-8H2,1-3H3,(H,18,21)(H,19,20)/t10-/m0/s1. The number of nitrogens with one attached hydrogen (secondary N) is 1. The summed E-state index contributed by atoms with van der Waals surface area (Å²) >= 11 is 0. The zero-order chi connectivity index (χ0) is 19.2. The molecule has 10 heteroatoms. The van der Waals surface area contributed by atoms with E-state index >= 15 is 0 Å². The fraction of sp³-hybridized carbons (Fsp3) is 0.467. The van der Waals surface area contributed by atoms with Gasteiger partial charge in [0.05, 0.1) is 0 Å². The van der Waals surface area contributed by atoms with Crippen molar-refractivity contribution in [2.45, 2.75) is 38.8 Å². The Kier molecular flexibility index (Phi) is 7.19. The number of rotatable bonds is 7. The van der Waals surface area contributed by atoms with Gasteiger partial charge in [0.2, 0.25) is 0 Å². The van der Waals surface area contributed by atoms with Gasteiger partial charge in [-0.25, -0.2) is 14.0 Å². The van der Waals surface area contributed by atoms with Crippen molar-refractivity contribution in [1.29, 1.82) is 0 Å². The lowest BCUT2D eigenvalue weighted by atomic mass is 9.95. The molecule has 0 saturated heterocycles. The van der Waals surface area contributed by atoms with Crippen LogP contribution in [0.5, 0.6) is 5.75 Å². The summed E-state index contributed by atoms with van der Waals surface area (Å²) in [5, 5.41) is 28.9. The number of benzene rings is 1. The predicted octanol–water partition coefficient (Wildman–Crippen LogP) is 0.737. The third-order valence-electron chi connectivity index (χ3n) is 2.84. The molecule has 8 nitrogen and oxygen atoms in total. The molecule has 0 saturated carbocycles. The Bertz CT molecular complexity index is 618. The number of carboxylic acid groups (broad SMARTS) is 1. The van der Waals surface area contributed by atoms with E-state index in [0.29, 0.717) is 0 Å². The second-order valence-corrected chi connectivity index (χ2v) is 6.26. The molecule has 0 fully saturated rings. The number of amides is 1. The van der Waals surface area contributed by atoms with Gasteiger partial charge < -0.3 is 29.9 Å². The first-order chi connectivity index (χ1) is 11.5. The summed E-state index contributed by atoms with van der Waals surface area (Å²) in [6.45, 7) is 4.33. The number of carbonyl (C=O) groups excluding carboxylic acids is 1. The number of hydrogen-bond donors (Lipinski definition) is 4. The van der Waals surface area contributed by atoms with E-state index in [1.807, 2.05) is 0 Å². The molecule has 0 bridgehead atoms. The SMILES string of the molecule is CC(C)(C)OC(=O)N[C@@H](Cc1cccc(OCB(O)O)c1F)C(=O)O. The maximum absolute atomic E-state index is 14.3. The first-order valence-corrected chi connectivity index (χ1v) is 7.48. The zero-order valence-electron chi connectivity index (χ0n) is 14.2. The fourth-order valence-corrected chi connectivity index (χ4v) is 1.86. The van der Waals surface area contributed by atoms with Crippen LogP contribution in [0, 0.1) is 5.82 Å². The van der Waals surface area contributed by atoms with E-state index in [9.17, 15) is 19.1 Å². The lowest BCUT2D eigenvalue weighted by Gasteiger charge is -2.22. The minimum absolute atomic E-state index is 0.0200. The van der Waals surface area contributed by atoms with Crippen molar-refractivity contribution < 1.29 is 38.6 Å². The maximum Gasteiger partial charge on any atom is 0.491 e. The smallest absolute Gasteiger partial charge is 0.491 e. The van der Waals surface area contributed by atoms with Crippen molar-refractivity contribution >= 4 is 19.2 Å². The molecule has 0 spiro atoms. The third-order valence-corrected chi connectivity index (χ3v) is 2.84. The molecule has 138 valence electrons. The summed E-state index contributed by atoms with van der Waals surface area (Å²) in [5.41, 5.74) is -0.828. The number of carboxylic acids is 1. The van der Waals surface area contributed by atoms with Crippen LogP contribution in [-0.4, -0.2) is 52.5 Å². The maximum atomic E-state index is 14.3. The van der Waals surface area contributed by atoms with Crippen LogP contribution in [-0.2, 0) is 16.0 Å². The first-order valence-electron chi connectivity index (χ1n) is 7.48. The Morgan fingerprint density at radius 3 is 2.48 bits per heavy atom. The Morgan fingerprint density at radius 2 is 1.96 bits per heavy atom. The van der Waals surface area contributed by atoms with E-state index in [4.69, 9.17) is 19.5 Å². The van der Waals surface area contributed by atoms with Crippen molar-refractivity contribution in [3.63, 3.8) is 0 Å². The molecule has 1 amide bonds. The normalized spacial score (nSPS) is 12.2. The van der Waals surface area contributed by atoms with Crippen molar-refractivity contribution in [1.82, 2.24) is 5.32 Å². The molecule has 0 radical (unpaired) electrons. The largest absolute Gasteiger partial charge is 0.493 e. The molecule has 0 aromatic heterocycles. The topological polar surface area (TPSA) is 125 Å². The summed E-state index contributed by atoms with van der Waals surface area (Å²) < 4.78 is 24.2. The summed E-state index contributed by atoms with van der Waals surface area (Å²) in [6, 6.07) is 2.61. The van der Waals surface area contributed by atoms with Crippen molar-refractivity contribution in [2.75, 3.05) is 6.51 Å². The molecule has 0 unspecified atom stereocenters. The zero-order valence-corrected chi connectivity index (χ0v) is 14.2. The number of hydrogen-bond acceptors (Lipinski definition) is 6. The van der Waals surface area contributed by atoms with Crippen LogP contribution >= 0.6 is 0 Å². The minimum atomic E-state index is -1.77. The van der Waals surface area contributed by atoms with E-state index in [0.717, 1.165) is 0 Å². The highest BCUT2D eigenvalue weighted by Crippen LogP contribution is 2.22. The Morgan fingerprint density at radius 1 is 1.32 bits per heavy atom. The number of halogens is 1. The number of alkyl carbamates (subject to hydrolysis) is 1. The molecular weight excluding hydrogens is 336 g/mol. The third kappa shape index (κ3) is 7.40. The van der Waals surface area contributed by atoms with Crippen LogP contribution in [0.15, 0.2) is 18.2 Å². The molecule has 0 aliphatic heterocycles. The lowest BCUT2D eigenvalue weighted by molar-refractivity contribution is -0.139. The monoisotopic (exact) mass is 357 g/mol. The van der Waals surface area contributed by atoms with Crippen LogP contribution in [0.2, 0.25) is 0 Å². The highest BCUT2D eigenvalue weighted by Gasteiger charge is 2.26. The number of ether oxygens (including phenoxy) is 2. The minimum Gasteiger partial charge on any atom is -0.493 e. The Labute approximate surface area is 144 Å². The van der Waals surface area contributed by atoms with Gasteiger partial charge in [0.15, 0.2) is 11.6 Å². The average molecular weight is 357 g/mol. The van der Waals surface area contributed by atoms with Crippen molar-refractivity contribution in [3.8, 4) is 5.75 Å². The molecule has 1 rings (SSSR count). The van der Waals surface area contributed by atoms with E-state index in [-0.39, 0.29) is 17.7 Å². The molecule has 1 aromatic carbocycles. The van der Waals surface area contributed by atoms with Crippen molar-refractivity contribution in [2.24, 2.45) is 0 Å². The highest BCUT2D eigenvalue weighted by molar-refractivity contribution is 6.40. The fourth-order valence-electron chi connectivity index (χ4n) is 1.86. The predicted molar refractivity (Wildman–Crippen MR) is 86.6 cm³/mol. The molecule has 1 aromatic rings. The average Bonchev–Trinajstić information content (AvgIpc) is 2.45. The first kappa shape index (κ1) is 20.7. The van der Waals surface area contributed by atoms with E-state index in [2.05, 4.69) is 5.32 Å². The molecular formula is C15H21BFNO7. The molecule has 4 N–H and O–H groups in total. The second kappa shape index (κ2) is 8.68. The summed E-state index contributed by atoms with van der Waals surface area (Å²) in [5.74, 6) is -2.46. The molecule has 25 heavy (non-hydrogen) atoms. The van der Waals surface area contributed by atoms with Gasteiger partial charge in [-0.05, 0) is 32.4 Å². The molecule has 0 aliphatic rings. The highest BCUT2D eigenvalue weighted by atomic mass is 19.1. The van der Waals surface area contributed by atoms with Gasteiger partial charge in [0.25, 0.3) is 0 Å². The van der Waals surface area contributed by atoms with Gasteiger partial charge in [0, 0.05) is 6.42 Å². The second-order valence-electron chi connectivity index (χ2n) is 6.26. The van der Waals surface area contributed by atoms with E-state index in [1.54, 1.807) is 20.8 Å². The Balaban J connectivity index is 2.86. The molecule has 0 heterocycles. The summed E-state index contributed by atoms with van der Waals surface area (Å²) in [6.07, 6.45) is -1.28. The molecule has 0 aliphatic carbocycles. The number of aliphatic carboxylic acids is 1. The van der Waals surface area contributed by atoms with Crippen molar-refractivity contribution in [3.05, 3.63) is 29.6 Å². The Hall–Kier alpha value is -2.33. The van der Waals surface area contributed by atoms with E-state index < -0.39 is 43.1 Å². The van der Waals surface area contributed by atoms with Crippen LogP contribution in [0.4, 0.5) is 9.18 Å². The van der Waals surface area contributed by atoms with Gasteiger partial charge in [-0.2, -0.15) is 0 Å². The summed E-state index contributed by atoms with van der Waals surface area (Å²) in [7, 11) is -1.77. The van der Waals surface area contributed by atoms with Gasteiger partial charge in [-0.15, -0.1) is 0 Å². The van der Waals surface area contributed by atoms with Crippen LogP contribution < -0.4 is 10.1 Å². The number of carbonyl (C=O) groups is 2. The molecule has 1 atom stereocenters. The van der Waals surface area contributed by atoms with Gasteiger partial charge in [0.1, 0.15) is 18.1 Å². The van der Waals surface area contributed by atoms with Gasteiger partial charge in [-0.3, -0.25) is 0 Å². The van der Waals surface area contributed by atoms with Gasteiger partial charge in [-0.1, -0.05) is 12.1 Å². The quantitative estimate of drug-likeness (QED) is 0.530. The summed E-state index contributed by atoms with van der Waals surface area (Å²) in [4.78, 5) is 23.0. The van der Waals surface area contributed by atoms with Crippen LogP contribution in [0.25, 0.3) is 0 Å². The van der Waals surface area contributed by atoms with Crippen LogP contribution in [0.1, 0.15) is 26.3 Å².